The summed E-state index contributed by atoms with van der Waals surface area (Å²) >= 11 is 8.12. The van der Waals surface area contributed by atoms with Gasteiger partial charge in [0.1, 0.15) is 11.6 Å². The van der Waals surface area contributed by atoms with E-state index in [9.17, 15) is 17.2 Å². The Morgan fingerprint density at radius 3 is 2.46 bits per heavy atom. The third kappa shape index (κ3) is 5.14. The topological polar surface area (TPSA) is 120 Å². The molecule has 0 saturated carbocycles. The van der Waals surface area contributed by atoms with E-state index < -0.39 is 26.6 Å². The third-order valence-corrected chi connectivity index (χ3v) is 8.87. The second-order valence-electron chi connectivity index (χ2n) is 8.24. The minimum absolute atomic E-state index is 0.00919. The summed E-state index contributed by atoms with van der Waals surface area (Å²) in [6, 6.07) is 9.16. The fraction of sp³-hybridized carbons (Fsp3) is 0.208. The summed E-state index contributed by atoms with van der Waals surface area (Å²) in [6.45, 7) is 1.25. The number of thiazole rings is 1. The largest absolute Gasteiger partial charge is 0.381 e. The Kier molecular flexibility index (Phi) is 7.08. The number of aromatic nitrogens is 3. The zero-order valence-corrected chi connectivity index (χ0v) is 21.5. The van der Waals surface area contributed by atoms with E-state index in [1.807, 2.05) is 0 Å². The molecule has 1 aliphatic rings. The molecule has 2 aromatic heterocycles. The number of ether oxygens (including phenoxy) is 1. The molecule has 0 unspecified atom stereocenters. The molecule has 1 fully saturated rings. The first-order valence-electron chi connectivity index (χ1n) is 11.2. The number of rotatable bonds is 6. The van der Waals surface area contributed by atoms with Gasteiger partial charge in [0.2, 0.25) is 5.95 Å². The molecule has 0 aliphatic carbocycles. The van der Waals surface area contributed by atoms with E-state index in [1.54, 1.807) is 18.2 Å². The Morgan fingerprint density at radius 2 is 1.76 bits per heavy atom. The van der Waals surface area contributed by atoms with Crippen molar-refractivity contribution < 1.29 is 21.9 Å². The van der Waals surface area contributed by atoms with Crippen LogP contribution in [0.2, 0.25) is 5.02 Å². The van der Waals surface area contributed by atoms with Crippen LogP contribution in [0.25, 0.3) is 21.8 Å². The van der Waals surface area contributed by atoms with Crippen molar-refractivity contribution in [3.63, 3.8) is 0 Å². The standard InChI is InChI=1S/C24H20ClF2N5O3S2/c25-19-14(3-1-6-17(19)32-37(33,34)22-15(26)4-2-5-16(22)27)20-21(18-7-10-29-24(28)30-18)36-23(31-20)13-8-11-35-12-9-13/h1-7,10,13,32H,8-9,11-12H2,(H2,28,29,30). The highest BCUT2D eigenvalue weighted by atomic mass is 35.5. The molecule has 0 atom stereocenters. The number of nitrogens with two attached hydrogens (primary N) is 1. The number of nitrogens with one attached hydrogen (secondary N) is 1. The van der Waals surface area contributed by atoms with Gasteiger partial charge in [-0.1, -0.05) is 29.8 Å². The predicted molar refractivity (Wildman–Crippen MR) is 138 cm³/mol. The highest BCUT2D eigenvalue weighted by Gasteiger charge is 2.28. The fourth-order valence-corrected chi connectivity index (χ4v) is 6.79. The minimum atomic E-state index is -4.63. The van der Waals surface area contributed by atoms with E-state index in [-0.39, 0.29) is 22.6 Å². The van der Waals surface area contributed by atoms with Crippen molar-refractivity contribution in [1.29, 1.82) is 0 Å². The molecule has 8 nitrogen and oxygen atoms in total. The lowest BCUT2D eigenvalue weighted by Crippen LogP contribution is -2.16. The molecule has 0 amide bonds. The van der Waals surface area contributed by atoms with Crippen molar-refractivity contribution in [2.45, 2.75) is 23.7 Å². The maximum absolute atomic E-state index is 14.2. The Balaban J connectivity index is 1.60. The SMILES string of the molecule is Nc1nccc(-c2sc(C3CCOCC3)nc2-c2cccc(NS(=O)(=O)c3c(F)cccc3F)c2Cl)n1. The summed E-state index contributed by atoms with van der Waals surface area (Å²) in [4.78, 5) is 12.7. The molecule has 5 rings (SSSR count). The highest BCUT2D eigenvalue weighted by Crippen LogP contribution is 2.44. The normalized spacial score (nSPS) is 14.6. The van der Waals surface area contributed by atoms with E-state index in [0.717, 1.165) is 36.0 Å². The van der Waals surface area contributed by atoms with Gasteiger partial charge in [0.25, 0.3) is 10.0 Å². The van der Waals surface area contributed by atoms with Crippen molar-refractivity contribution in [2.24, 2.45) is 0 Å². The van der Waals surface area contributed by atoms with Crippen LogP contribution in [-0.4, -0.2) is 36.6 Å². The van der Waals surface area contributed by atoms with E-state index >= 15 is 0 Å². The highest BCUT2D eigenvalue weighted by molar-refractivity contribution is 7.92. The molecule has 13 heteroatoms. The van der Waals surface area contributed by atoms with Gasteiger partial charge in [0, 0.05) is 30.9 Å². The molecule has 3 N–H and O–H groups in total. The molecular formula is C24H20ClF2N5O3S2. The van der Waals surface area contributed by atoms with Crippen molar-refractivity contribution in [3.05, 3.63) is 70.3 Å². The van der Waals surface area contributed by atoms with Crippen molar-refractivity contribution in [2.75, 3.05) is 23.7 Å². The Bertz CT molecular complexity index is 1560. The first-order valence-corrected chi connectivity index (χ1v) is 13.9. The number of benzene rings is 2. The summed E-state index contributed by atoms with van der Waals surface area (Å²) in [5.74, 6) is -2.17. The van der Waals surface area contributed by atoms with Crippen LogP contribution in [0.4, 0.5) is 20.4 Å². The van der Waals surface area contributed by atoms with Gasteiger partial charge in [0.05, 0.1) is 32.0 Å². The van der Waals surface area contributed by atoms with Crippen molar-refractivity contribution >= 4 is 44.6 Å². The molecule has 2 aromatic carbocycles. The molecule has 0 radical (unpaired) electrons. The summed E-state index contributed by atoms with van der Waals surface area (Å²) in [7, 11) is -4.63. The lowest BCUT2D eigenvalue weighted by molar-refractivity contribution is 0.0853. The van der Waals surface area contributed by atoms with Crippen LogP contribution >= 0.6 is 22.9 Å². The summed E-state index contributed by atoms with van der Waals surface area (Å²) < 4.78 is 61.9. The number of sulfonamides is 1. The van der Waals surface area contributed by atoms with Crippen LogP contribution in [-0.2, 0) is 14.8 Å². The van der Waals surface area contributed by atoms with Crippen LogP contribution in [0.5, 0.6) is 0 Å². The second kappa shape index (κ2) is 10.3. The van der Waals surface area contributed by atoms with Gasteiger partial charge >= 0.3 is 0 Å². The van der Waals surface area contributed by atoms with Gasteiger partial charge in [-0.15, -0.1) is 11.3 Å². The molecule has 1 aliphatic heterocycles. The second-order valence-corrected chi connectivity index (χ2v) is 11.3. The van der Waals surface area contributed by atoms with Gasteiger partial charge in [-0.25, -0.2) is 32.2 Å². The molecule has 1 saturated heterocycles. The summed E-state index contributed by atoms with van der Waals surface area (Å²) in [5.41, 5.74) is 7.19. The van der Waals surface area contributed by atoms with Crippen LogP contribution in [0, 0.1) is 11.6 Å². The average Bonchev–Trinajstić information content (AvgIpc) is 3.31. The van der Waals surface area contributed by atoms with Crippen molar-refractivity contribution in [3.8, 4) is 21.8 Å². The fourth-order valence-electron chi connectivity index (χ4n) is 4.04. The van der Waals surface area contributed by atoms with Gasteiger partial charge < -0.3 is 10.5 Å². The molecular weight excluding hydrogens is 544 g/mol. The zero-order chi connectivity index (χ0) is 26.2. The molecule has 192 valence electrons. The number of nitrogens with zero attached hydrogens (tertiary/aromatic N) is 3. The van der Waals surface area contributed by atoms with E-state index in [4.69, 9.17) is 27.1 Å². The predicted octanol–water partition coefficient (Wildman–Crippen LogP) is 5.48. The Labute approximate surface area is 220 Å². The van der Waals surface area contributed by atoms with E-state index in [1.165, 1.54) is 23.6 Å². The number of halogens is 3. The maximum atomic E-state index is 14.2. The Hall–Kier alpha value is -3.19. The monoisotopic (exact) mass is 563 g/mol. The molecule has 4 aromatic rings. The molecule has 37 heavy (non-hydrogen) atoms. The van der Waals surface area contributed by atoms with Crippen LogP contribution in [0.1, 0.15) is 23.8 Å². The van der Waals surface area contributed by atoms with E-state index in [0.29, 0.717) is 35.0 Å². The third-order valence-electron chi connectivity index (χ3n) is 5.81. The van der Waals surface area contributed by atoms with Gasteiger partial charge in [-0.3, -0.25) is 4.72 Å². The van der Waals surface area contributed by atoms with E-state index in [2.05, 4.69) is 14.7 Å². The molecule has 0 bridgehead atoms. The lowest BCUT2D eigenvalue weighted by Gasteiger charge is -2.19. The smallest absolute Gasteiger partial charge is 0.267 e. The summed E-state index contributed by atoms with van der Waals surface area (Å²) in [5, 5.41) is 0.871. The Morgan fingerprint density at radius 1 is 1.05 bits per heavy atom. The number of hydrogen-bond acceptors (Lipinski definition) is 8. The first-order chi connectivity index (χ1) is 17.7. The van der Waals surface area contributed by atoms with Crippen LogP contribution in [0.15, 0.2) is 53.6 Å². The van der Waals surface area contributed by atoms with Gasteiger partial charge in [0.15, 0.2) is 4.90 Å². The maximum Gasteiger partial charge on any atom is 0.267 e. The van der Waals surface area contributed by atoms with Crippen LogP contribution in [0.3, 0.4) is 0 Å². The zero-order valence-electron chi connectivity index (χ0n) is 19.1. The minimum Gasteiger partial charge on any atom is -0.381 e. The number of anilines is 2. The number of nitrogen functional groups attached to an aromatic ring is 1. The molecule has 0 spiro atoms. The average molecular weight is 564 g/mol. The van der Waals surface area contributed by atoms with Crippen molar-refractivity contribution in [1.82, 2.24) is 15.0 Å². The van der Waals surface area contributed by atoms with Crippen LogP contribution < -0.4 is 10.5 Å². The summed E-state index contributed by atoms with van der Waals surface area (Å²) in [6.07, 6.45) is 3.14. The number of hydrogen-bond donors (Lipinski definition) is 2. The van der Waals surface area contributed by atoms with Gasteiger partial charge in [-0.05, 0) is 37.1 Å². The van der Waals surface area contributed by atoms with Gasteiger partial charge in [-0.2, -0.15) is 0 Å². The first kappa shape index (κ1) is 25.5. The molecule has 3 heterocycles. The lowest BCUT2D eigenvalue weighted by atomic mass is 10.0. The quantitative estimate of drug-likeness (QED) is 0.319.